The Balaban J connectivity index is 1.39. The average Bonchev–Trinajstić information content (AvgIpc) is 3.62. The number of nitrogens with one attached hydrogen (secondary N) is 1. The van der Waals surface area contributed by atoms with Crippen molar-refractivity contribution in [2.24, 2.45) is 0 Å². The first-order chi connectivity index (χ1) is 21.4. The van der Waals surface area contributed by atoms with E-state index >= 15 is 0 Å². The quantitative estimate of drug-likeness (QED) is 0.199. The molecule has 0 aliphatic carbocycles. The smallest absolute Gasteiger partial charge is 0.338 e. The first-order valence-electron chi connectivity index (χ1n) is 13.5. The minimum Gasteiger partial charge on any atom is -0.459 e. The van der Waals surface area contributed by atoms with Crippen molar-refractivity contribution in [2.45, 2.75) is 24.5 Å². The second-order valence-electron chi connectivity index (χ2n) is 9.78. The molecule has 1 fully saturated rings. The third-order valence-electron chi connectivity index (χ3n) is 6.90. The van der Waals surface area contributed by atoms with Crippen molar-refractivity contribution in [3.05, 3.63) is 124 Å². The van der Waals surface area contributed by atoms with Crippen LogP contribution < -0.4 is 11.3 Å². The fourth-order valence-corrected chi connectivity index (χ4v) is 4.81. The fraction of sp³-hybridized carbons (Fsp3) is 0.161. The Morgan fingerprint density at radius 3 is 1.89 bits per heavy atom. The normalized spacial score (nSPS) is 19.4. The number of fused-ring (bicyclic) bond motifs is 1. The van der Waals surface area contributed by atoms with E-state index in [4.69, 9.17) is 24.7 Å². The summed E-state index contributed by atoms with van der Waals surface area (Å²) in [5.41, 5.74) is 5.96. The number of hydrogen-bond acceptors (Lipinski definition) is 11. The summed E-state index contributed by atoms with van der Waals surface area (Å²) < 4.78 is 25.0. The molecule has 3 N–H and O–H groups in total. The zero-order valence-electron chi connectivity index (χ0n) is 22.9. The van der Waals surface area contributed by atoms with Crippen LogP contribution in [-0.4, -0.2) is 62.3 Å². The number of rotatable bonds is 8. The van der Waals surface area contributed by atoms with Gasteiger partial charge in [0.25, 0.3) is 5.56 Å². The van der Waals surface area contributed by atoms with Gasteiger partial charge in [-0.3, -0.25) is 14.3 Å². The SMILES string of the molecule is Nc1nc2c(ncn2[C@@H]2O[C@H](COC(=O)c3ccccc3)C(OC(=O)c3ccccc3)[C@@H]2OC(=O)c2ccccc2)c(=O)[nH]1. The lowest BCUT2D eigenvalue weighted by Crippen LogP contribution is -2.41. The van der Waals surface area contributed by atoms with Crippen LogP contribution in [0.3, 0.4) is 0 Å². The molecule has 0 radical (unpaired) electrons. The molecule has 0 amide bonds. The second kappa shape index (κ2) is 12.2. The Bertz CT molecular complexity index is 1860. The van der Waals surface area contributed by atoms with Gasteiger partial charge in [0.1, 0.15) is 12.7 Å². The molecule has 6 rings (SSSR count). The minimum atomic E-state index is -1.31. The highest BCUT2D eigenvalue weighted by Crippen LogP contribution is 2.36. The summed E-state index contributed by atoms with van der Waals surface area (Å²) in [7, 11) is 0. The molecule has 3 aromatic carbocycles. The number of ether oxygens (including phenoxy) is 4. The molecule has 13 nitrogen and oxygen atoms in total. The van der Waals surface area contributed by atoms with Crippen LogP contribution in [0.5, 0.6) is 0 Å². The number of aromatic nitrogens is 4. The number of esters is 3. The van der Waals surface area contributed by atoms with Gasteiger partial charge in [0.15, 0.2) is 29.6 Å². The summed E-state index contributed by atoms with van der Waals surface area (Å²) in [6, 6.07) is 24.7. The molecule has 13 heteroatoms. The standard InChI is InChI=1S/C31H25N5O8/c32-31-34-25-22(26(37)35-31)33-17-36(25)27-24(44-30(40)20-14-8-3-9-15-20)23(43-29(39)19-12-6-2-7-13-19)21(42-27)16-41-28(38)18-10-4-1-5-11-18/h1-15,17,21,23-24,27H,16H2,(H3,32,34,35,37)/t21-,23?,24+,27-/m1/s1. The second-order valence-corrected chi connectivity index (χ2v) is 9.78. The van der Waals surface area contributed by atoms with Crippen LogP contribution in [-0.2, 0) is 18.9 Å². The number of imidazole rings is 1. The Hall–Kier alpha value is -5.82. The largest absolute Gasteiger partial charge is 0.459 e. The molecular formula is C31H25N5O8. The van der Waals surface area contributed by atoms with E-state index < -0.39 is 48.0 Å². The third-order valence-corrected chi connectivity index (χ3v) is 6.90. The summed E-state index contributed by atoms with van der Waals surface area (Å²) in [5.74, 6) is -2.28. The van der Waals surface area contributed by atoms with E-state index in [0.717, 1.165) is 0 Å². The van der Waals surface area contributed by atoms with E-state index in [0.29, 0.717) is 5.56 Å². The number of hydrogen-bond donors (Lipinski definition) is 2. The Morgan fingerprint density at radius 1 is 0.795 bits per heavy atom. The molecule has 4 atom stereocenters. The van der Waals surface area contributed by atoms with Gasteiger partial charge in [-0.25, -0.2) is 19.4 Å². The van der Waals surface area contributed by atoms with E-state index in [1.54, 1.807) is 91.0 Å². The van der Waals surface area contributed by atoms with Gasteiger partial charge in [-0.2, -0.15) is 4.98 Å². The maximum Gasteiger partial charge on any atom is 0.338 e. The lowest BCUT2D eigenvalue weighted by Gasteiger charge is -2.25. The van der Waals surface area contributed by atoms with E-state index in [1.165, 1.54) is 10.9 Å². The molecule has 0 bridgehead atoms. The molecule has 1 unspecified atom stereocenters. The van der Waals surface area contributed by atoms with Crippen molar-refractivity contribution in [1.29, 1.82) is 0 Å². The predicted octanol–water partition coefficient (Wildman–Crippen LogP) is 2.91. The first kappa shape index (κ1) is 28.3. The molecule has 1 aliphatic rings. The predicted molar refractivity (Wildman–Crippen MR) is 154 cm³/mol. The average molecular weight is 596 g/mol. The zero-order chi connectivity index (χ0) is 30.6. The van der Waals surface area contributed by atoms with Crippen LogP contribution in [0.2, 0.25) is 0 Å². The van der Waals surface area contributed by atoms with Gasteiger partial charge in [0.2, 0.25) is 5.95 Å². The van der Waals surface area contributed by atoms with E-state index in [9.17, 15) is 19.2 Å². The first-order valence-corrected chi connectivity index (χ1v) is 13.5. The molecule has 44 heavy (non-hydrogen) atoms. The number of nitrogens with zero attached hydrogens (tertiary/aromatic N) is 3. The Morgan fingerprint density at radius 2 is 1.32 bits per heavy atom. The van der Waals surface area contributed by atoms with E-state index in [-0.39, 0.29) is 34.8 Å². The van der Waals surface area contributed by atoms with Crippen LogP contribution >= 0.6 is 0 Å². The molecule has 3 heterocycles. The number of aromatic amines is 1. The molecular weight excluding hydrogens is 570 g/mol. The maximum atomic E-state index is 13.3. The lowest BCUT2D eigenvalue weighted by molar-refractivity contribution is -0.0606. The number of nitrogens with two attached hydrogens (primary N) is 1. The lowest BCUT2D eigenvalue weighted by atomic mass is 10.1. The summed E-state index contributed by atoms with van der Waals surface area (Å²) in [4.78, 5) is 62.6. The number of carbonyl (C=O) groups is 3. The van der Waals surface area contributed by atoms with E-state index in [1.807, 2.05) is 0 Å². The molecule has 1 aliphatic heterocycles. The molecule has 0 saturated carbocycles. The van der Waals surface area contributed by atoms with Crippen LogP contribution in [0.25, 0.3) is 11.2 Å². The van der Waals surface area contributed by atoms with Crippen molar-refractivity contribution >= 4 is 35.0 Å². The number of anilines is 1. The van der Waals surface area contributed by atoms with Gasteiger partial charge in [-0.05, 0) is 36.4 Å². The molecule has 0 spiro atoms. The van der Waals surface area contributed by atoms with Crippen LogP contribution in [0.1, 0.15) is 37.3 Å². The summed E-state index contributed by atoms with van der Waals surface area (Å²) >= 11 is 0. The Kier molecular flexibility index (Phi) is 7.84. The minimum absolute atomic E-state index is 0.0343. The highest BCUT2D eigenvalue weighted by molar-refractivity contribution is 5.91. The van der Waals surface area contributed by atoms with E-state index in [2.05, 4.69) is 15.0 Å². The Labute approximate surface area is 249 Å². The van der Waals surface area contributed by atoms with Crippen molar-refractivity contribution in [2.75, 3.05) is 12.3 Å². The summed E-state index contributed by atoms with van der Waals surface area (Å²) in [5, 5.41) is 0. The highest BCUT2D eigenvalue weighted by Gasteiger charge is 2.52. The fourth-order valence-electron chi connectivity index (χ4n) is 4.81. The van der Waals surface area contributed by atoms with Crippen molar-refractivity contribution in [3.8, 4) is 0 Å². The molecule has 2 aromatic heterocycles. The topological polar surface area (TPSA) is 178 Å². The van der Waals surface area contributed by atoms with Crippen LogP contribution in [0.15, 0.2) is 102 Å². The van der Waals surface area contributed by atoms with Gasteiger partial charge in [-0.15, -0.1) is 0 Å². The van der Waals surface area contributed by atoms with Gasteiger partial charge in [-0.1, -0.05) is 54.6 Å². The number of nitrogen functional groups attached to an aromatic ring is 1. The summed E-state index contributed by atoms with van der Waals surface area (Å²) in [6.45, 7) is -0.376. The molecule has 1 saturated heterocycles. The van der Waals surface area contributed by atoms with Crippen molar-refractivity contribution in [3.63, 3.8) is 0 Å². The van der Waals surface area contributed by atoms with Gasteiger partial charge >= 0.3 is 17.9 Å². The summed E-state index contributed by atoms with van der Waals surface area (Å²) in [6.07, 6.45) is -3.66. The molecule has 222 valence electrons. The van der Waals surface area contributed by atoms with Gasteiger partial charge in [0, 0.05) is 0 Å². The van der Waals surface area contributed by atoms with Gasteiger partial charge < -0.3 is 24.7 Å². The molecule has 5 aromatic rings. The highest BCUT2D eigenvalue weighted by atomic mass is 16.7. The van der Waals surface area contributed by atoms with Crippen LogP contribution in [0, 0.1) is 0 Å². The number of carbonyl (C=O) groups excluding carboxylic acids is 3. The number of benzene rings is 3. The zero-order valence-corrected chi connectivity index (χ0v) is 22.9. The van der Waals surface area contributed by atoms with Crippen LogP contribution in [0.4, 0.5) is 5.95 Å². The van der Waals surface area contributed by atoms with Crippen molar-refractivity contribution < 1.29 is 33.3 Å². The third kappa shape index (κ3) is 5.76. The van der Waals surface area contributed by atoms with Gasteiger partial charge in [0.05, 0.1) is 23.0 Å². The number of H-pyrrole nitrogens is 1. The maximum absolute atomic E-state index is 13.3. The monoisotopic (exact) mass is 595 g/mol. The van der Waals surface area contributed by atoms with Crippen molar-refractivity contribution in [1.82, 2.24) is 19.5 Å².